The smallest absolute Gasteiger partial charge is 0.309 e. The summed E-state index contributed by atoms with van der Waals surface area (Å²) in [4.78, 5) is 18.1. The Bertz CT molecular complexity index is 757. The van der Waals surface area contributed by atoms with Crippen molar-refractivity contribution < 1.29 is 9.53 Å². The molecule has 7 nitrogen and oxygen atoms in total. The summed E-state index contributed by atoms with van der Waals surface area (Å²) < 4.78 is 5.51. The molecule has 1 fully saturated rings. The molecule has 7 heteroatoms. The fourth-order valence-electron chi connectivity index (χ4n) is 3.32. The van der Waals surface area contributed by atoms with E-state index in [1.165, 1.54) is 0 Å². The lowest BCUT2D eigenvalue weighted by atomic mass is 9.82. The highest BCUT2D eigenvalue weighted by atomic mass is 16.6. The van der Waals surface area contributed by atoms with E-state index in [0.29, 0.717) is 11.7 Å². The third-order valence-corrected chi connectivity index (χ3v) is 4.62. The number of hydrogen-bond acceptors (Lipinski definition) is 6. The number of pyridine rings is 1. The van der Waals surface area contributed by atoms with Crippen molar-refractivity contribution in [2.75, 3.05) is 0 Å². The first-order valence-corrected chi connectivity index (χ1v) is 9.24. The molecule has 1 saturated carbocycles. The Morgan fingerprint density at radius 3 is 2.65 bits per heavy atom. The second-order valence-corrected chi connectivity index (χ2v) is 8.10. The molecule has 0 spiro atoms. The minimum absolute atomic E-state index is 0.0181. The summed E-state index contributed by atoms with van der Waals surface area (Å²) in [6.45, 7) is 8.41. The first-order valence-electron chi connectivity index (χ1n) is 9.24. The highest BCUT2D eigenvalue weighted by Gasteiger charge is 2.30. The van der Waals surface area contributed by atoms with E-state index in [2.05, 4.69) is 20.4 Å². The van der Waals surface area contributed by atoms with Crippen molar-refractivity contribution in [1.82, 2.24) is 25.2 Å². The summed E-state index contributed by atoms with van der Waals surface area (Å²) in [5.74, 6) is 1.04. The van der Waals surface area contributed by atoms with Crippen LogP contribution in [0, 0.1) is 18.8 Å². The van der Waals surface area contributed by atoms with Gasteiger partial charge in [-0.25, -0.2) is 0 Å². The maximum absolute atomic E-state index is 12.2. The number of aromatic nitrogens is 5. The van der Waals surface area contributed by atoms with E-state index in [1.54, 1.807) is 11.0 Å². The van der Waals surface area contributed by atoms with E-state index in [1.807, 2.05) is 39.8 Å². The largest absolute Gasteiger partial charge is 0.460 e. The molecule has 2 heterocycles. The Kier molecular flexibility index (Phi) is 5.34. The fraction of sp³-hybridized carbons (Fsp3) is 0.632. The molecule has 0 saturated heterocycles. The molecule has 0 unspecified atom stereocenters. The van der Waals surface area contributed by atoms with Crippen molar-refractivity contribution in [2.45, 2.75) is 65.5 Å². The maximum Gasteiger partial charge on any atom is 0.309 e. The van der Waals surface area contributed by atoms with Crippen molar-refractivity contribution >= 4 is 5.97 Å². The zero-order valence-electron chi connectivity index (χ0n) is 16.0. The third-order valence-electron chi connectivity index (χ3n) is 4.62. The van der Waals surface area contributed by atoms with Crippen molar-refractivity contribution in [2.24, 2.45) is 11.8 Å². The normalized spacial score (nSPS) is 20.8. The standard InChI is InChI=1S/C19H27N5O2/c1-13-11-16(9-10-20-13)17-21-23-24(22-17)12-14-5-7-15(8-6-14)18(25)26-19(2,3)4/h9-11,14-15H,5-8,12H2,1-4H3. The van der Waals surface area contributed by atoms with Crippen molar-refractivity contribution in [3.05, 3.63) is 24.0 Å². The van der Waals surface area contributed by atoms with E-state index in [0.717, 1.165) is 43.5 Å². The van der Waals surface area contributed by atoms with Crippen LogP contribution in [0.1, 0.15) is 52.1 Å². The molecule has 0 amide bonds. The second kappa shape index (κ2) is 7.51. The number of ether oxygens (including phenoxy) is 1. The van der Waals surface area contributed by atoms with E-state index in [9.17, 15) is 4.79 Å². The van der Waals surface area contributed by atoms with Crippen LogP contribution in [0.4, 0.5) is 0 Å². The fourth-order valence-corrected chi connectivity index (χ4v) is 3.32. The molecule has 2 aromatic rings. The van der Waals surface area contributed by atoms with Crippen LogP contribution >= 0.6 is 0 Å². The summed E-state index contributed by atoms with van der Waals surface area (Å²) >= 11 is 0. The molecular weight excluding hydrogens is 330 g/mol. The van der Waals surface area contributed by atoms with Gasteiger partial charge in [-0.3, -0.25) is 9.78 Å². The number of carbonyl (C=O) groups excluding carboxylic acids is 1. The van der Waals surface area contributed by atoms with E-state index >= 15 is 0 Å². The minimum Gasteiger partial charge on any atom is -0.460 e. The van der Waals surface area contributed by atoms with E-state index in [4.69, 9.17) is 4.74 Å². The van der Waals surface area contributed by atoms with Gasteiger partial charge in [0.15, 0.2) is 0 Å². The lowest BCUT2D eigenvalue weighted by Gasteiger charge is -2.29. The van der Waals surface area contributed by atoms with E-state index < -0.39 is 5.60 Å². The summed E-state index contributed by atoms with van der Waals surface area (Å²) in [6.07, 6.45) is 5.45. The number of nitrogens with zero attached hydrogens (tertiary/aromatic N) is 5. The molecule has 0 N–H and O–H groups in total. The van der Waals surface area contributed by atoms with Gasteiger partial charge in [0.2, 0.25) is 5.82 Å². The van der Waals surface area contributed by atoms with E-state index in [-0.39, 0.29) is 11.9 Å². The highest BCUT2D eigenvalue weighted by Crippen LogP contribution is 2.31. The van der Waals surface area contributed by atoms with Gasteiger partial charge < -0.3 is 4.74 Å². The molecule has 140 valence electrons. The van der Waals surface area contributed by atoms with Crippen LogP contribution in [-0.4, -0.2) is 36.8 Å². The molecule has 1 aliphatic carbocycles. The van der Waals surface area contributed by atoms with Gasteiger partial charge in [0, 0.05) is 17.5 Å². The summed E-state index contributed by atoms with van der Waals surface area (Å²) in [7, 11) is 0. The third kappa shape index (κ3) is 4.86. The van der Waals surface area contributed by atoms with Crippen LogP contribution in [0.15, 0.2) is 18.3 Å². The minimum atomic E-state index is -0.416. The molecule has 0 aromatic carbocycles. The van der Waals surface area contributed by atoms with Crippen LogP contribution in [0.3, 0.4) is 0 Å². The van der Waals surface area contributed by atoms with Gasteiger partial charge in [-0.15, -0.1) is 10.2 Å². The van der Waals surface area contributed by atoms with Crippen molar-refractivity contribution in [3.8, 4) is 11.4 Å². The molecule has 0 aliphatic heterocycles. The van der Waals surface area contributed by atoms with Crippen LogP contribution in [0.5, 0.6) is 0 Å². The molecule has 0 radical (unpaired) electrons. The van der Waals surface area contributed by atoms with Gasteiger partial charge in [-0.2, -0.15) is 4.80 Å². The monoisotopic (exact) mass is 357 g/mol. The number of hydrogen-bond donors (Lipinski definition) is 0. The lowest BCUT2D eigenvalue weighted by molar-refractivity contribution is -0.161. The van der Waals surface area contributed by atoms with Crippen LogP contribution in [-0.2, 0) is 16.1 Å². The topological polar surface area (TPSA) is 82.8 Å². The van der Waals surface area contributed by atoms with Crippen LogP contribution in [0.25, 0.3) is 11.4 Å². The maximum atomic E-state index is 12.2. The highest BCUT2D eigenvalue weighted by molar-refractivity contribution is 5.72. The molecule has 2 aromatic heterocycles. The molecular formula is C19H27N5O2. The lowest BCUT2D eigenvalue weighted by Crippen LogP contribution is -2.31. The first-order chi connectivity index (χ1) is 12.3. The van der Waals surface area contributed by atoms with Gasteiger partial charge in [0.05, 0.1) is 12.5 Å². The molecule has 0 atom stereocenters. The zero-order valence-corrected chi connectivity index (χ0v) is 16.0. The quantitative estimate of drug-likeness (QED) is 0.782. The van der Waals surface area contributed by atoms with Gasteiger partial charge in [0.1, 0.15) is 5.60 Å². The number of rotatable bonds is 4. The SMILES string of the molecule is Cc1cc(-c2nnn(CC3CCC(C(=O)OC(C)(C)C)CC3)n2)ccn1. The van der Waals surface area contributed by atoms with Gasteiger partial charge >= 0.3 is 5.97 Å². The Morgan fingerprint density at radius 1 is 1.27 bits per heavy atom. The first kappa shape index (κ1) is 18.5. The molecule has 26 heavy (non-hydrogen) atoms. The van der Waals surface area contributed by atoms with Crippen molar-refractivity contribution in [1.29, 1.82) is 0 Å². The number of esters is 1. The summed E-state index contributed by atoms with van der Waals surface area (Å²) in [6, 6.07) is 3.84. The molecule has 3 rings (SSSR count). The Balaban J connectivity index is 1.53. The summed E-state index contributed by atoms with van der Waals surface area (Å²) in [5, 5.41) is 12.8. The Hall–Kier alpha value is -2.31. The Labute approximate surface area is 154 Å². The number of carbonyl (C=O) groups is 1. The second-order valence-electron chi connectivity index (χ2n) is 8.10. The van der Waals surface area contributed by atoms with Gasteiger partial charge in [-0.05, 0) is 76.6 Å². The Morgan fingerprint density at radius 2 is 2.00 bits per heavy atom. The van der Waals surface area contributed by atoms with Gasteiger partial charge in [0.25, 0.3) is 0 Å². The molecule has 0 bridgehead atoms. The van der Waals surface area contributed by atoms with Gasteiger partial charge in [-0.1, -0.05) is 0 Å². The van der Waals surface area contributed by atoms with Crippen LogP contribution < -0.4 is 0 Å². The predicted molar refractivity (Wildman–Crippen MR) is 97.1 cm³/mol. The van der Waals surface area contributed by atoms with Crippen molar-refractivity contribution in [3.63, 3.8) is 0 Å². The number of tetrazole rings is 1. The molecule has 1 aliphatic rings. The predicted octanol–water partition coefficient (Wildman–Crippen LogP) is 3.19. The van der Waals surface area contributed by atoms with Crippen LogP contribution in [0.2, 0.25) is 0 Å². The zero-order chi connectivity index (χ0) is 18.7. The number of aryl methyl sites for hydroxylation is 1. The summed E-state index contributed by atoms with van der Waals surface area (Å²) in [5.41, 5.74) is 1.44. The average molecular weight is 357 g/mol. The average Bonchev–Trinajstić information content (AvgIpc) is 3.02.